The molecule has 0 radical (unpaired) electrons. The number of carbonyl (C=O) groups is 1. The van der Waals surface area contributed by atoms with E-state index in [0.717, 1.165) is 16.9 Å². The van der Waals surface area contributed by atoms with Gasteiger partial charge in [-0.05, 0) is 23.4 Å². The van der Waals surface area contributed by atoms with E-state index in [0.29, 0.717) is 5.69 Å². The van der Waals surface area contributed by atoms with Crippen LogP contribution in [0.2, 0.25) is 0 Å². The highest BCUT2D eigenvalue weighted by Crippen LogP contribution is 2.33. The molecule has 0 spiro atoms. The van der Waals surface area contributed by atoms with E-state index in [1.165, 1.54) is 7.11 Å². The summed E-state index contributed by atoms with van der Waals surface area (Å²) in [6, 6.07) is 10.2. The number of methoxy groups -OCH3 is 1. The molecular formula is C15H15N7O8S. The van der Waals surface area contributed by atoms with E-state index >= 15 is 0 Å². The Hall–Kier alpha value is -4.15. The Morgan fingerprint density at radius 3 is 2.52 bits per heavy atom. The summed E-state index contributed by atoms with van der Waals surface area (Å²) in [6.45, 7) is 0. The minimum Gasteiger partial charge on any atom is -0.494 e. The Morgan fingerprint density at radius 2 is 1.94 bits per heavy atom. The molecule has 0 aliphatic carbocycles. The largest absolute Gasteiger partial charge is 0.494 e. The molecular weight excluding hydrogens is 438 g/mol. The topological polar surface area (TPSA) is 223 Å². The Balaban J connectivity index is 0.00000341. The lowest BCUT2D eigenvalue weighted by atomic mass is 10.2. The molecule has 31 heavy (non-hydrogen) atoms. The van der Waals surface area contributed by atoms with Gasteiger partial charge in [0.15, 0.2) is 10.6 Å². The van der Waals surface area contributed by atoms with Gasteiger partial charge in [-0.2, -0.15) is 8.42 Å². The number of amides is 1. The van der Waals surface area contributed by atoms with Crippen LogP contribution in [0.15, 0.2) is 47.4 Å². The molecule has 0 bridgehead atoms. The second-order valence-electron chi connectivity index (χ2n) is 5.57. The van der Waals surface area contributed by atoms with Crippen molar-refractivity contribution in [2.75, 3.05) is 12.5 Å². The molecule has 0 atom stereocenters. The third-order valence-corrected chi connectivity index (χ3v) is 4.54. The van der Waals surface area contributed by atoms with Crippen molar-refractivity contribution in [2.24, 2.45) is 0 Å². The van der Waals surface area contributed by atoms with Gasteiger partial charge in [-0.25, -0.2) is 0 Å². The first-order valence-electron chi connectivity index (χ1n) is 7.96. The van der Waals surface area contributed by atoms with E-state index in [4.69, 9.17) is 4.74 Å². The first kappa shape index (κ1) is 23.1. The number of para-hydroxylation sites is 1. The molecule has 2 aromatic carbocycles. The highest BCUT2D eigenvalue weighted by Gasteiger charge is 2.29. The van der Waals surface area contributed by atoms with Crippen molar-refractivity contribution in [1.82, 2.24) is 25.6 Å². The number of hydrogen-bond donors (Lipinski definition) is 3. The third kappa shape index (κ3) is 5.07. The maximum Gasteiger partial charge on any atom is 0.311 e. The van der Waals surface area contributed by atoms with Crippen molar-refractivity contribution in [3.63, 3.8) is 0 Å². The lowest BCUT2D eigenvalue weighted by Gasteiger charge is -2.09. The maximum atomic E-state index is 12.2. The molecule has 3 rings (SSSR count). The number of hydrazine groups is 1. The van der Waals surface area contributed by atoms with Crippen molar-refractivity contribution in [1.29, 1.82) is 0 Å². The van der Waals surface area contributed by atoms with Crippen LogP contribution in [0.3, 0.4) is 0 Å². The highest BCUT2D eigenvalue weighted by molar-refractivity contribution is 7.86. The van der Waals surface area contributed by atoms with Crippen molar-refractivity contribution in [3.8, 4) is 11.4 Å². The van der Waals surface area contributed by atoms with Gasteiger partial charge in [0, 0.05) is 0 Å². The van der Waals surface area contributed by atoms with Crippen molar-refractivity contribution >= 4 is 27.4 Å². The second-order valence-corrected chi connectivity index (χ2v) is 6.96. The van der Waals surface area contributed by atoms with Crippen LogP contribution in [0.5, 0.6) is 5.75 Å². The van der Waals surface area contributed by atoms with Gasteiger partial charge in [-0.1, -0.05) is 18.2 Å². The summed E-state index contributed by atoms with van der Waals surface area (Å²) in [6.07, 6.45) is 0. The third-order valence-electron chi connectivity index (χ3n) is 3.66. The summed E-state index contributed by atoms with van der Waals surface area (Å²) in [4.78, 5) is 22.0. The molecule has 16 heteroatoms. The number of aromatic nitrogens is 4. The standard InChI is InChI=1S/C15H13N7O7S.H2O/c1-29-12-7-11(22(24)25)13(30(26,27)28)8-10(12)21-19-14(17-20-21)15(23)18-16-9-5-3-2-4-6-9;/h2-8,16H,1H3,(H,18,23)(H,26,27,28);1H2. The number of hydrogen-bond acceptors (Lipinski definition) is 10. The quantitative estimate of drug-likeness (QED) is 0.240. The smallest absolute Gasteiger partial charge is 0.311 e. The molecule has 1 aromatic heterocycles. The Bertz CT molecular complexity index is 1210. The summed E-state index contributed by atoms with van der Waals surface area (Å²) >= 11 is 0. The van der Waals surface area contributed by atoms with E-state index in [2.05, 4.69) is 26.3 Å². The molecule has 3 aromatic rings. The first-order chi connectivity index (χ1) is 14.2. The molecule has 5 N–H and O–H groups in total. The predicted molar refractivity (Wildman–Crippen MR) is 103 cm³/mol. The minimum absolute atomic E-state index is 0. The number of anilines is 1. The molecule has 0 aliphatic rings. The monoisotopic (exact) mass is 453 g/mol. The van der Waals surface area contributed by atoms with E-state index in [9.17, 15) is 27.9 Å². The van der Waals surface area contributed by atoms with Crippen LogP contribution in [0.1, 0.15) is 10.6 Å². The molecule has 0 aliphatic heterocycles. The zero-order valence-electron chi connectivity index (χ0n) is 15.6. The number of carbonyl (C=O) groups excluding carboxylic acids is 1. The zero-order valence-corrected chi connectivity index (χ0v) is 16.4. The fourth-order valence-electron chi connectivity index (χ4n) is 2.32. The SMILES string of the molecule is COc1cc([N+](=O)[O-])c(S(=O)(=O)O)cc1-n1nnc(C(=O)NNc2ccccc2)n1.O. The van der Waals surface area contributed by atoms with E-state index in [1.807, 2.05) is 0 Å². The molecule has 15 nitrogen and oxygen atoms in total. The van der Waals surface area contributed by atoms with Crippen LogP contribution >= 0.6 is 0 Å². The van der Waals surface area contributed by atoms with Gasteiger partial charge in [0.1, 0.15) is 5.69 Å². The number of nitro groups is 1. The fourth-order valence-corrected chi connectivity index (χ4v) is 2.98. The lowest BCUT2D eigenvalue weighted by molar-refractivity contribution is -0.388. The fraction of sp³-hybridized carbons (Fsp3) is 0.0667. The number of rotatable bonds is 7. The van der Waals surface area contributed by atoms with Crippen LogP contribution in [-0.2, 0) is 10.1 Å². The zero-order chi connectivity index (χ0) is 21.9. The summed E-state index contributed by atoms with van der Waals surface area (Å²) in [5.41, 5.74) is 4.45. The normalized spacial score (nSPS) is 10.6. The van der Waals surface area contributed by atoms with Crippen LogP contribution < -0.4 is 15.6 Å². The number of tetrazole rings is 1. The molecule has 0 saturated carbocycles. The van der Waals surface area contributed by atoms with Gasteiger partial charge >= 0.3 is 16.0 Å². The van der Waals surface area contributed by atoms with Gasteiger partial charge in [0.2, 0.25) is 0 Å². The predicted octanol–water partition coefficient (Wildman–Crippen LogP) is -0.242. The lowest BCUT2D eigenvalue weighted by Crippen LogP contribution is -2.30. The van der Waals surface area contributed by atoms with Crippen molar-refractivity contribution < 1.29 is 32.9 Å². The Labute approximate surface area is 173 Å². The molecule has 1 heterocycles. The summed E-state index contributed by atoms with van der Waals surface area (Å²) in [7, 11) is -3.79. The average Bonchev–Trinajstić information content (AvgIpc) is 3.21. The Kier molecular flexibility index (Phi) is 6.80. The molecule has 0 fully saturated rings. The van der Waals surface area contributed by atoms with E-state index in [1.54, 1.807) is 30.3 Å². The maximum absolute atomic E-state index is 12.2. The average molecular weight is 453 g/mol. The van der Waals surface area contributed by atoms with Crippen molar-refractivity contribution in [3.05, 3.63) is 58.4 Å². The van der Waals surface area contributed by atoms with Gasteiger partial charge < -0.3 is 10.2 Å². The first-order valence-corrected chi connectivity index (χ1v) is 9.40. The second kappa shape index (κ2) is 9.11. The number of nitrogens with zero attached hydrogens (tertiary/aromatic N) is 5. The molecule has 0 saturated heterocycles. The van der Waals surface area contributed by atoms with E-state index in [-0.39, 0.29) is 16.9 Å². The number of nitro benzene ring substituents is 1. The van der Waals surface area contributed by atoms with E-state index < -0.39 is 37.4 Å². The number of benzene rings is 2. The summed E-state index contributed by atoms with van der Waals surface area (Å²) in [5, 5.41) is 22.1. The van der Waals surface area contributed by atoms with Crippen LogP contribution in [-0.4, -0.2) is 56.6 Å². The van der Waals surface area contributed by atoms with Gasteiger partial charge in [-0.15, -0.1) is 15.0 Å². The van der Waals surface area contributed by atoms with Gasteiger partial charge in [0.25, 0.3) is 11.5 Å². The van der Waals surface area contributed by atoms with Crippen LogP contribution in [0.25, 0.3) is 5.69 Å². The van der Waals surface area contributed by atoms with Crippen LogP contribution in [0, 0.1) is 10.1 Å². The Morgan fingerprint density at radius 1 is 1.26 bits per heavy atom. The molecule has 1 amide bonds. The number of nitrogens with one attached hydrogen (secondary N) is 2. The number of ether oxygens (including phenoxy) is 1. The van der Waals surface area contributed by atoms with Crippen LogP contribution in [0.4, 0.5) is 11.4 Å². The molecule has 0 unspecified atom stereocenters. The summed E-state index contributed by atoms with van der Waals surface area (Å²) < 4.78 is 37.4. The summed E-state index contributed by atoms with van der Waals surface area (Å²) in [5.74, 6) is -1.35. The molecule has 164 valence electrons. The highest BCUT2D eigenvalue weighted by atomic mass is 32.2. The van der Waals surface area contributed by atoms with Crippen molar-refractivity contribution in [2.45, 2.75) is 4.90 Å². The van der Waals surface area contributed by atoms with Gasteiger partial charge in [0.05, 0.1) is 23.8 Å². The minimum atomic E-state index is -4.96. The van der Waals surface area contributed by atoms with Gasteiger partial charge in [-0.3, -0.25) is 30.3 Å².